The van der Waals surface area contributed by atoms with Crippen LogP contribution in [0.5, 0.6) is 11.5 Å². The number of thioether (sulfide) groups is 1. The molecule has 1 saturated heterocycles. The zero-order valence-corrected chi connectivity index (χ0v) is 19.3. The van der Waals surface area contributed by atoms with Crippen LogP contribution in [-0.2, 0) is 4.79 Å². The summed E-state index contributed by atoms with van der Waals surface area (Å²) in [7, 11) is 1.62. The number of carbonyl (C=O) groups excluding carboxylic acids is 1. The van der Waals surface area contributed by atoms with Crippen LogP contribution in [0, 0.1) is 0 Å². The summed E-state index contributed by atoms with van der Waals surface area (Å²) in [5, 5.41) is 10.5. The third kappa shape index (κ3) is 4.61. The lowest BCUT2D eigenvalue weighted by Gasteiger charge is -2.14. The van der Waals surface area contributed by atoms with Crippen LogP contribution in [0.3, 0.4) is 0 Å². The number of rotatable bonds is 5. The first-order valence-electron chi connectivity index (χ1n) is 8.55. The van der Waals surface area contributed by atoms with E-state index in [1.165, 1.54) is 11.8 Å². The third-order valence-electron chi connectivity index (χ3n) is 3.97. The molecule has 0 saturated carbocycles. The molecule has 8 heteroatoms. The molecule has 0 bridgehead atoms. The molecule has 0 aromatic heterocycles. The molecule has 0 spiro atoms. The molecule has 0 unspecified atom stereocenters. The van der Waals surface area contributed by atoms with Gasteiger partial charge in [-0.15, -0.1) is 0 Å². The molecule has 1 fully saturated rings. The molecule has 1 aliphatic rings. The van der Waals surface area contributed by atoms with Crippen LogP contribution in [0.2, 0.25) is 0 Å². The Kier molecular flexibility index (Phi) is 6.85. The van der Waals surface area contributed by atoms with Gasteiger partial charge in [-0.2, -0.15) is 0 Å². The smallest absolute Gasteiger partial charge is 0.266 e. The predicted molar refractivity (Wildman–Crippen MR) is 121 cm³/mol. The highest BCUT2D eigenvalue weighted by atomic mass is 79.9. The molecule has 2 aromatic carbocycles. The van der Waals surface area contributed by atoms with Gasteiger partial charge in [-0.25, -0.2) is 4.99 Å². The van der Waals surface area contributed by atoms with E-state index in [1.54, 1.807) is 30.2 Å². The monoisotopic (exact) mass is 524 g/mol. The number of amidine groups is 1. The maximum Gasteiger partial charge on any atom is 0.266 e. The summed E-state index contributed by atoms with van der Waals surface area (Å²) in [6.07, 6.45) is 2.64. The van der Waals surface area contributed by atoms with Crippen molar-refractivity contribution in [3.8, 4) is 11.5 Å². The van der Waals surface area contributed by atoms with Crippen molar-refractivity contribution < 1.29 is 14.6 Å². The first kappa shape index (κ1) is 21.0. The minimum Gasteiger partial charge on any atom is -0.506 e. The fourth-order valence-electron chi connectivity index (χ4n) is 2.60. The van der Waals surface area contributed by atoms with E-state index in [0.29, 0.717) is 25.6 Å². The summed E-state index contributed by atoms with van der Waals surface area (Å²) >= 11 is 7.99. The van der Waals surface area contributed by atoms with Gasteiger partial charge in [0.15, 0.2) is 5.17 Å². The van der Waals surface area contributed by atoms with E-state index >= 15 is 0 Å². The highest BCUT2D eigenvalue weighted by Crippen LogP contribution is 2.37. The Bertz CT molecular complexity index is 935. The van der Waals surface area contributed by atoms with Crippen molar-refractivity contribution in [2.75, 3.05) is 13.7 Å². The Hall–Kier alpha value is -1.77. The first-order chi connectivity index (χ1) is 13.4. The van der Waals surface area contributed by atoms with Gasteiger partial charge < -0.3 is 9.84 Å². The largest absolute Gasteiger partial charge is 0.506 e. The van der Waals surface area contributed by atoms with E-state index in [-0.39, 0.29) is 11.7 Å². The predicted octanol–water partition coefficient (Wildman–Crippen LogP) is 5.94. The number of hydrogen-bond donors (Lipinski definition) is 1. The lowest BCUT2D eigenvalue weighted by Crippen LogP contribution is -2.29. The second-order valence-electron chi connectivity index (χ2n) is 5.99. The van der Waals surface area contributed by atoms with Gasteiger partial charge in [-0.05, 0) is 98.1 Å². The van der Waals surface area contributed by atoms with Crippen LogP contribution < -0.4 is 4.74 Å². The summed E-state index contributed by atoms with van der Waals surface area (Å²) in [6.45, 7) is 2.62. The Morgan fingerprint density at radius 3 is 2.43 bits per heavy atom. The van der Waals surface area contributed by atoms with Crippen molar-refractivity contribution in [1.29, 1.82) is 0 Å². The molecule has 2 aromatic rings. The number of carbonyl (C=O) groups is 1. The molecule has 28 heavy (non-hydrogen) atoms. The molecule has 1 amide bonds. The number of nitrogens with zero attached hydrogens (tertiary/aromatic N) is 2. The van der Waals surface area contributed by atoms with Crippen molar-refractivity contribution in [3.63, 3.8) is 0 Å². The molecule has 0 atom stereocenters. The Morgan fingerprint density at radius 2 is 1.86 bits per heavy atom. The summed E-state index contributed by atoms with van der Waals surface area (Å²) in [5.74, 6) is 0.815. The number of hydrogen-bond acceptors (Lipinski definition) is 5. The van der Waals surface area contributed by atoms with Crippen molar-refractivity contribution in [3.05, 3.63) is 55.8 Å². The maximum atomic E-state index is 12.9. The van der Waals surface area contributed by atoms with Gasteiger partial charge in [-0.3, -0.25) is 9.69 Å². The van der Waals surface area contributed by atoms with Crippen molar-refractivity contribution in [1.82, 2.24) is 4.90 Å². The summed E-state index contributed by atoms with van der Waals surface area (Å²) in [4.78, 5) is 19.8. The normalized spacial score (nSPS) is 17.0. The van der Waals surface area contributed by atoms with E-state index in [1.807, 2.05) is 31.2 Å². The molecular formula is C20H18Br2N2O3S. The number of aromatic hydroxyl groups is 1. The van der Waals surface area contributed by atoms with Crippen LogP contribution in [-0.4, -0.2) is 34.7 Å². The Morgan fingerprint density at radius 1 is 1.21 bits per heavy atom. The Labute approximate surface area is 184 Å². The molecule has 1 N–H and O–H groups in total. The second-order valence-corrected chi connectivity index (χ2v) is 8.71. The van der Waals surface area contributed by atoms with E-state index in [4.69, 9.17) is 4.74 Å². The number of benzene rings is 2. The number of amides is 1. The van der Waals surface area contributed by atoms with Crippen LogP contribution in [0.1, 0.15) is 18.9 Å². The van der Waals surface area contributed by atoms with E-state index < -0.39 is 0 Å². The molecule has 0 radical (unpaired) electrons. The van der Waals surface area contributed by atoms with Crippen molar-refractivity contribution >= 4 is 66.5 Å². The van der Waals surface area contributed by atoms with Crippen LogP contribution in [0.25, 0.3) is 6.08 Å². The Balaban J connectivity index is 1.94. The van der Waals surface area contributed by atoms with Crippen molar-refractivity contribution in [2.45, 2.75) is 13.3 Å². The standard InChI is InChI=1S/C20H18Br2N2O3S/c1-3-8-24-19(26)17(11-12-9-15(21)18(25)16(22)10-12)28-20(24)23-13-4-6-14(27-2)7-5-13/h4-7,9-11,25H,3,8H2,1-2H3/b17-11+,23-20?. The quantitative estimate of drug-likeness (QED) is 0.490. The highest BCUT2D eigenvalue weighted by molar-refractivity contribution is 9.11. The van der Waals surface area contributed by atoms with Gasteiger partial charge in [0.25, 0.3) is 5.91 Å². The van der Waals surface area contributed by atoms with E-state index in [9.17, 15) is 9.90 Å². The molecule has 146 valence electrons. The maximum absolute atomic E-state index is 12.9. The average Bonchev–Trinajstić information content (AvgIpc) is 2.96. The topological polar surface area (TPSA) is 62.1 Å². The van der Waals surface area contributed by atoms with Gasteiger partial charge in [0.1, 0.15) is 11.5 Å². The van der Waals surface area contributed by atoms with Gasteiger partial charge in [0.2, 0.25) is 0 Å². The van der Waals surface area contributed by atoms with Crippen LogP contribution >= 0.6 is 43.6 Å². The number of ether oxygens (including phenoxy) is 1. The highest BCUT2D eigenvalue weighted by Gasteiger charge is 2.32. The zero-order valence-electron chi connectivity index (χ0n) is 15.3. The lowest BCUT2D eigenvalue weighted by molar-refractivity contribution is -0.122. The zero-order chi connectivity index (χ0) is 20.3. The fraction of sp³-hybridized carbons (Fsp3) is 0.200. The van der Waals surface area contributed by atoms with Gasteiger partial charge >= 0.3 is 0 Å². The van der Waals surface area contributed by atoms with Crippen molar-refractivity contribution in [2.24, 2.45) is 4.99 Å². The summed E-state index contributed by atoms with van der Waals surface area (Å²) in [6, 6.07) is 10.9. The number of aliphatic imine (C=N–C) groups is 1. The number of phenolic OH excluding ortho intramolecular Hbond substituents is 1. The SMILES string of the molecule is CCCN1C(=O)/C(=C\c2cc(Br)c(O)c(Br)c2)SC1=Nc1ccc(OC)cc1. The lowest BCUT2D eigenvalue weighted by atomic mass is 10.2. The summed E-state index contributed by atoms with van der Waals surface area (Å²) in [5.41, 5.74) is 1.56. The van der Waals surface area contributed by atoms with E-state index in [2.05, 4.69) is 36.9 Å². The molecular weight excluding hydrogens is 508 g/mol. The number of halogens is 2. The van der Waals surface area contributed by atoms with Gasteiger partial charge in [0, 0.05) is 6.54 Å². The summed E-state index contributed by atoms with van der Waals surface area (Å²) < 4.78 is 6.29. The second kappa shape index (κ2) is 9.15. The average molecular weight is 526 g/mol. The molecule has 1 heterocycles. The molecule has 1 aliphatic heterocycles. The van der Waals surface area contributed by atoms with Gasteiger partial charge in [0.05, 0.1) is 26.6 Å². The molecule has 0 aliphatic carbocycles. The molecule has 3 rings (SSSR count). The minimum atomic E-state index is -0.0700. The number of methoxy groups -OCH3 is 1. The first-order valence-corrected chi connectivity index (χ1v) is 10.9. The van der Waals surface area contributed by atoms with Crippen LogP contribution in [0.15, 0.2) is 55.2 Å². The third-order valence-corrected chi connectivity index (χ3v) is 6.19. The van der Waals surface area contributed by atoms with Gasteiger partial charge in [-0.1, -0.05) is 6.92 Å². The minimum absolute atomic E-state index is 0.0700. The van der Waals surface area contributed by atoms with Crippen LogP contribution in [0.4, 0.5) is 5.69 Å². The van der Waals surface area contributed by atoms with E-state index in [0.717, 1.165) is 23.4 Å². The molecule has 5 nitrogen and oxygen atoms in total. The number of phenols is 1. The fourth-order valence-corrected chi connectivity index (χ4v) is 4.85.